The smallest absolute Gasteiger partial charge is 0.260 e. The van der Waals surface area contributed by atoms with E-state index in [0.29, 0.717) is 5.13 Å². The maximum atomic E-state index is 13.7. The third kappa shape index (κ3) is 3.12. The van der Waals surface area contributed by atoms with Crippen molar-refractivity contribution in [2.45, 2.75) is 6.92 Å². The number of amides is 1. The van der Waals surface area contributed by atoms with Crippen LogP contribution in [0.25, 0.3) is 10.4 Å². The first kappa shape index (κ1) is 15.3. The number of anilines is 1. The first-order chi connectivity index (χ1) is 11.1. The van der Waals surface area contributed by atoms with Crippen molar-refractivity contribution in [1.82, 2.24) is 4.98 Å². The highest BCUT2D eigenvalue weighted by molar-refractivity contribution is 7.19. The summed E-state index contributed by atoms with van der Waals surface area (Å²) < 4.78 is 26.9. The SMILES string of the molecule is Cc1nc(NC(=O)c2cccc(F)c2F)sc1-c1ccccc1. The minimum absolute atomic E-state index is 0.343. The van der Waals surface area contributed by atoms with Gasteiger partial charge in [0, 0.05) is 0 Å². The number of hydrogen-bond acceptors (Lipinski definition) is 3. The summed E-state index contributed by atoms with van der Waals surface area (Å²) in [6.45, 7) is 1.83. The Labute approximate surface area is 135 Å². The van der Waals surface area contributed by atoms with Crippen molar-refractivity contribution in [3.05, 3.63) is 71.4 Å². The second kappa shape index (κ2) is 6.26. The van der Waals surface area contributed by atoms with E-state index in [4.69, 9.17) is 0 Å². The Morgan fingerprint density at radius 1 is 1.09 bits per heavy atom. The van der Waals surface area contributed by atoms with Crippen LogP contribution < -0.4 is 5.32 Å². The standard InChI is InChI=1S/C17H12F2N2OS/c1-10-15(11-6-3-2-4-7-11)23-17(20-10)21-16(22)12-8-5-9-13(18)14(12)19/h2-9H,1H3,(H,20,21,22). The van der Waals surface area contributed by atoms with Gasteiger partial charge in [-0.05, 0) is 24.6 Å². The van der Waals surface area contributed by atoms with E-state index in [1.165, 1.54) is 23.5 Å². The van der Waals surface area contributed by atoms with Crippen LogP contribution >= 0.6 is 11.3 Å². The highest BCUT2D eigenvalue weighted by Gasteiger charge is 2.17. The quantitative estimate of drug-likeness (QED) is 0.759. The average Bonchev–Trinajstić information content (AvgIpc) is 2.91. The number of rotatable bonds is 3. The van der Waals surface area contributed by atoms with E-state index >= 15 is 0 Å². The average molecular weight is 330 g/mol. The van der Waals surface area contributed by atoms with E-state index in [2.05, 4.69) is 10.3 Å². The van der Waals surface area contributed by atoms with Gasteiger partial charge in [0.25, 0.3) is 5.91 Å². The molecule has 0 radical (unpaired) electrons. The summed E-state index contributed by atoms with van der Waals surface area (Å²) in [7, 11) is 0. The Kier molecular flexibility index (Phi) is 4.16. The highest BCUT2D eigenvalue weighted by atomic mass is 32.1. The van der Waals surface area contributed by atoms with Gasteiger partial charge in [-0.15, -0.1) is 0 Å². The summed E-state index contributed by atoms with van der Waals surface area (Å²) in [6.07, 6.45) is 0. The lowest BCUT2D eigenvalue weighted by atomic mass is 10.2. The number of nitrogens with zero attached hydrogens (tertiary/aromatic N) is 1. The van der Waals surface area contributed by atoms with Crippen LogP contribution in [0, 0.1) is 18.6 Å². The summed E-state index contributed by atoms with van der Waals surface area (Å²) in [5.41, 5.74) is 1.40. The van der Waals surface area contributed by atoms with Crippen LogP contribution in [0.4, 0.5) is 13.9 Å². The van der Waals surface area contributed by atoms with Gasteiger partial charge in [0.05, 0.1) is 16.1 Å². The van der Waals surface area contributed by atoms with Gasteiger partial charge >= 0.3 is 0 Å². The number of halogens is 2. The third-order valence-corrected chi connectivity index (χ3v) is 4.37. The topological polar surface area (TPSA) is 42.0 Å². The monoisotopic (exact) mass is 330 g/mol. The molecule has 1 amide bonds. The van der Waals surface area contributed by atoms with Crippen molar-refractivity contribution < 1.29 is 13.6 Å². The lowest BCUT2D eigenvalue weighted by Crippen LogP contribution is -2.14. The zero-order valence-electron chi connectivity index (χ0n) is 12.1. The van der Waals surface area contributed by atoms with Gasteiger partial charge in [0.2, 0.25) is 0 Å². The lowest BCUT2D eigenvalue weighted by molar-refractivity contribution is 0.102. The number of aryl methyl sites for hydroxylation is 1. The third-order valence-electron chi connectivity index (χ3n) is 3.25. The maximum absolute atomic E-state index is 13.7. The predicted molar refractivity (Wildman–Crippen MR) is 86.6 cm³/mol. The van der Waals surface area contributed by atoms with E-state index in [1.54, 1.807) is 0 Å². The molecule has 23 heavy (non-hydrogen) atoms. The predicted octanol–water partition coefficient (Wildman–Crippen LogP) is 4.65. The highest BCUT2D eigenvalue weighted by Crippen LogP contribution is 2.32. The van der Waals surface area contributed by atoms with Crippen LogP contribution in [0.3, 0.4) is 0 Å². The Morgan fingerprint density at radius 3 is 2.57 bits per heavy atom. The van der Waals surface area contributed by atoms with Gasteiger partial charge in [-0.2, -0.15) is 0 Å². The molecule has 0 unspecified atom stereocenters. The van der Waals surface area contributed by atoms with Gasteiger partial charge in [-0.25, -0.2) is 13.8 Å². The first-order valence-electron chi connectivity index (χ1n) is 6.84. The molecule has 3 rings (SSSR count). The molecule has 2 aromatic carbocycles. The summed E-state index contributed by atoms with van der Waals surface area (Å²) in [6, 6.07) is 13.1. The molecule has 0 aliphatic rings. The lowest BCUT2D eigenvalue weighted by Gasteiger charge is -2.03. The van der Waals surface area contributed by atoms with Gasteiger partial charge in [-0.3, -0.25) is 10.1 Å². The fraction of sp³-hybridized carbons (Fsp3) is 0.0588. The summed E-state index contributed by atoms with van der Waals surface area (Å²) in [5, 5.41) is 2.86. The second-order valence-electron chi connectivity index (χ2n) is 4.86. The Bertz CT molecular complexity index is 862. The number of benzene rings is 2. The first-order valence-corrected chi connectivity index (χ1v) is 7.66. The molecule has 0 atom stereocenters. The Balaban J connectivity index is 1.87. The molecule has 1 aromatic heterocycles. The zero-order chi connectivity index (χ0) is 16.4. The number of aromatic nitrogens is 1. The summed E-state index contributed by atoms with van der Waals surface area (Å²) in [4.78, 5) is 17.3. The van der Waals surface area contributed by atoms with Gasteiger partial charge < -0.3 is 0 Å². The van der Waals surface area contributed by atoms with E-state index in [9.17, 15) is 13.6 Å². The number of carbonyl (C=O) groups excluding carboxylic acids is 1. The number of carbonyl (C=O) groups is 1. The van der Waals surface area contributed by atoms with Crippen molar-refractivity contribution in [2.75, 3.05) is 5.32 Å². The molecular weight excluding hydrogens is 318 g/mol. The minimum Gasteiger partial charge on any atom is -0.298 e. The molecule has 0 saturated heterocycles. The van der Waals surface area contributed by atoms with Crippen LogP contribution in [-0.4, -0.2) is 10.9 Å². The van der Waals surface area contributed by atoms with E-state index in [0.717, 1.165) is 22.2 Å². The fourth-order valence-electron chi connectivity index (χ4n) is 2.15. The van der Waals surface area contributed by atoms with Crippen molar-refractivity contribution in [1.29, 1.82) is 0 Å². The molecule has 116 valence electrons. The van der Waals surface area contributed by atoms with Gasteiger partial charge in [-0.1, -0.05) is 47.7 Å². The minimum atomic E-state index is -1.17. The maximum Gasteiger partial charge on any atom is 0.260 e. The molecule has 0 bridgehead atoms. The van der Waals surface area contributed by atoms with Gasteiger partial charge in [0.1, 0.15) is 0 Å². The Hall–Kier alpha value is -2.60. The summed E-state index contributed by atoms with van der Waals surface area (Å²) >= 11 is 1.29. The van der Waals surface area contributed by atoms with Crippen molar-refractivity contribution in [3.63, 3.8) is 0 Å². The molecule has 0 fully saturated rings. The second-order valence-corrected chi connectivity index (χ2v) is 5.85. The van der Waals surface area contributed by atoms with Crippen LogP contribution in [0.1, 0.15) is 16.1 Å². The van der Waals surface area contributed by atoms with Crippen LogP contribution in [-0.2, 0) is 0 Å². The number of hydrogen-bond donors (Lipinski definition) is 1. The molecule has 0 aliphatic heterocycles. The molecule has 3 aromatic rings. The van der Waals surface area contributed by atoms with E-state index < -0.39 is 17.5 Å². The van der Waals surface area contributed by atoms with Crippen molar-refractivity contribution >= 4 is 22.4 Å². The molecule has 1 N–H and O–H groups in total. The molecule has 0 aliphatic carbocycles. The van der Waals surface area contributed by atoms with Gasteiger partial charge in [0.15, 0.2) is 16.8 Å². The molecule has 0 spiro atoms. The molecule has 0 saturated carbocycles. The number of nitrogens with one attached hydrogen (secondary N) is 1. The van der Waals surface area contributed by atoms with E-state index in [1.807, 2.05) is 37.3 Å². The van der Waals surface area contributed by atoms with Crippen LogP contribution in [0.5, 0.6) is 0 Å². The zero-order valence-corrected chi connectivity index (χ0v) is 13.0. The molecule has 1 heterocycles. The van der Waals surface area contributed by atoms with Crippen LogP contribution in [0.15, 0.2) is 48.5 Å². The molecule has 3 nitrogen and oxygen atoms in total. The van der Waals surface area contributed by atoms with Crippen LogP contribution in [0.2, 0.25) is 0 Å². The molecule has 6 heteroatoms. The fourth-order valence-corrected chi connectivity index (χ4v) is 3.12. The summed E-state index contributed by atoms with van der Waals surface area (Å²) in [5.74, 6) is -2.95. The van der Waals surface area contributed by atoms with Crippen molar-refractivity contribution in [3.8, 4) is 10.4 Å². The normalized spacial score (nSPS) is 10.6. The molecular formula is C17H12F2N2OS. The number of thiazole rings is 1. The van der Waals surface area contributed by atoms with E-state index in [-0.39, 0.29) is 5.56 Å². The Morgan fingerprint density at radius 2 is 1.83 bits per heavy atom. The largest absolute Gasteiger partial charge is 0.298 e. The van der Waals surface area contributed by atoms with Crippen molar-refractivity contribution in [2.24, 2.45) is 0 Å².